The Kier molecular flexibility index (Phi) is 5.37. The second-order valence-corrected chi connectivity index (χ2v) is 5.71. The number of amides is 2. The van der Waals surface area contributed by atoms with Crippen LogP contribution >= 0.6 is 0 Å². The molecule has 2 aromatic carbocycles. The number of hydrogen-bond acceptors (Lipinski definition) is 2. The summed E-state index contributed by atoms with van der Waals surface area (Å²) >= 11 is 0. The second kappa shape index (κ2) is 7.46. The predicted molar refractivity (Wildman–Crippen MR) is 90.8 cm³/mol. The van der Waals surface area contributed by atoms with Crippen molar-refractivity contribution in [3.8, 4) is 6.07 Å². The lowest BCUT2D eigenvalue weighted by Crippen LogP contribution is -2.38. The van der Waals surface area contributed by atoms with Crippen LogP contribution < -0.4 is 10.6 Å². The van der Waals surface area contributed by atoms with Gasteiger partial charge in [0, 0.05) is 0 Å². The van der Waals surface area contributed by atoms with Crippen LogP contribution in [0.25, 0.3) is 0 Å². The lowest BCUT2D eigenvalue weighted by molar-refractivity contribution is 0.235. The van der Waals surface area contributed by atoms with Crippen molar-refractivity contribution in [2.75, 3.05) is 0 Å². The van der Waals surface area contributed by atoms with E-state index in [0.717, 1.165) is 11.1 Å². The van der Waals surface area contributed by atoms with E-state index in [9.17, 15) is 4.79 Å². The summed E-state index contributed by atoms with van der Waals surface area (Å²) in [5, 5.41) is 14.7. The van der Waals surface area contributed by atoms with E-state index in [1.165, 1.54) is 5.56 Å². The molecular weight excluding hydrogens is 286 g/mol. The van der Waals surface area contributed by atoms with Crippen LogP contribution in [0.4, 0.5) is 4.79 Å². The Morgan fingerprint density at radius 1 is 0.913 bits per heavy atom. The maximum atomic E-state index is 12.1. The highest BCUT2D eigenvalue weighted by molar-refractivity contribution is 5.75. The first-order valence-electron chi connectivity index (χ1n) is 7.63. The van der Waals surface area contributed by atoms with Gasteiger partial charge < -0.3 is 10.6 Å². The van der Waals surface area contributed by atoms with Crippen molar-refractivity contribution < 1.29 is 4.79 Å². The minimum atomic E-state index is -0.213. The average molecular weight is 307 g/mol. The van der Waals surface area contributed by atoms with Crippen LogP contribution in [0, 0.1) is 18.3 Å². The van der Waals surface area contributed by atoms with Gasteiger partial charge in [-0.15, -0.1) is 0 Å². The van der Waals surface area contributed by atoms with Crippen LogP contribution in [0.3, 0.4) is 0 Å². The minimum absolute atomic E-state index is 0.0660. The molecule has 4 heteroatoms. The smallest absolute Gasteiger partial charge is 0.315 e. The maximum absolute atomic E-state index is 12.1. The Bertz CT molecular complexity index is 699. The third-order valence-corrected chi connectivity index (χ3v) is 3.81. The molecule has 0 saturated heterocycles. The zero-order valence-electron chi connectivity index (χ0n) is 13.6. The van der Waals surface area contributed by atoms with E-state index in [1.54, 1.807) is 12.1 Å². The molecule has 2 atom stereocenters. The SMILES string of the molecule is Cc1ccc(C(C)NC(=O)NC(C)c2ccc(C#N)cc2)cc1. The van der Waals surface area contributed by atoms with Gasteiger partial charge in [0.2, 0.25) is 0 Å². The summed E-state index contributed by atoms with van der Waals surface area (Å²) in [5.41, 5.74) is 3.83. The van der Waals surface area contributed by atoms with Gasteiger partial charge in [-0.1, -0.05) is 42.0 Å². The third kappa shape index (κ3) is 4.58. The third-order valence-electron chi connectivity index (χ3n) is 3.81. The fourth-order valence-corrected chi connectivity index (χ4v) is 2.30. The van der Waals surface area contributed by atoms with E-state index in [4.69, 9.17) is 5.26 Å². The maximum Gasteiger partial charge on any atom is 0.315 e. The first-order valence-corrected chi connectivity index (χ1v) is 7.63. The molecule has 2 rings (SSSR count). The van der Waals surface area contributed by atoms with Crippen LogP contribution in [-0.4, -0.2) is 6.03 Å². The molecule has 0 aromatic heterocycles. The van der Waals surface area contributed by atoms with Crippen molar-refractivity contribution in [2.45, 2.75) is 32.9 Å². The molecule has 0 radical (unpaired) electrons. The van der Waals surface area contributed by atoms with E-state index in [-0.39, 0.29) is 18.1 Å². The van der Waals surface area contributed by atoms with Crippen molar-refractivity contribution in [1.29, 1.82) is 5.26 Å². The number of carbonyl (C=O) groups excluding carboxylic acids is 1. The number of carbonyl (C=O) groups is 1. The van der Waals surface area contributed by atoms with Crippen molar-refractivity contribution in [1.82, 2.24) is 10.6 Å². The van der Waals surface area contributed by atoms with Gasteiger partial charge in [0.15, 0.2) is 0 Å². The number of nitriles is 1. The van der Waals surface area contributed by atoms with E-state index in [2.05, 4.69) is 16.7 Å². The van der Waals surface area contributed by atoms with E-state index in [1.807, 2.05) is 57.2 Å². The number of urea groups is 1. The Balaban J connectivity index is 1.92. The van der Waals surface area contributed by atoms with Crippen LogP contribution in [0.1, 0.15) is 48.2 Å². The molecule has 2 unspecified atom stereocenters. The molecule has 0 heterocycles. The van der Waals surface area contributed by atoms with Crippen molar-refractivity contribution in [2.24, 2.45) is 0 Å². The summed E-state index contributed by atoms with van der Waals surface area (Å²) < 4.78 is 0. The molecular formula is C19H21N3O. The molecule has 118 valence electrons. The fraction of sp³-hybridized carbons (Fsp3) is 0.263. The minimum Gasteiger partial charge on any atom is -0.332 e. The largest absolute Gasteiger partial charge is 0.332 e. The first kappa shape index (κ1) is 16.6. The second-order valence-electron chi connectivity index (χ2n) is 5.71. The van der Waals surface area contributed by atoms with Gasteiger partial charge in [-0.3, -0.25) is 0 Å². The van der Waals surface area contributed by atoms with Crippen molar-refractivity contribution >= 4 is 6.03 Å². The fourth-order valence-electron chi connectivity index (χ4n) is 2.30. The predicted octanol–water partition coefficient (Wildman–Crippen LogP) is 3.99. The van der Waals surface area contributed by atoms with Gasteiger partial charge in [0.25, 0.3) is 0 Å². The van der Waals surface area contributed by atoms with Crippen LogP contribution in [0.5, 0.6) is 0 Å². The molecule has 2 aromatic rings. The summed E-state index contributed by atoms with van der Waals surface area (Å²) in [6.07, 6.45) is 0. The number of nitrogens with one attached hydrogen (secondary N) is 2. The molecule has 0 aliphatic rings. The van der Waals surface area contributed by atoms with Gasteiger partial charge >= 0.3 is 6.03 Å². The average Bonchev–Trinajstić information content (AvgIpc) is 2.55. The molecule has 0 aliphatic carbocycles. The van der Waals surface area contributed by atoms with Gasteiger partial charge in [-0.25, -0.2) is 4.79 Å². The van der Waals surface area contributed by atoms with Crippen molar-refractivity contribution in [3.05, 3.63) is 70.8 Å². The number of aryl methyl sites for hydroxylation is 1. The van der Waals surface area contributed by atoms with Gasteiger partial charge in [-0.05, 0) is 44.0 Å². The van der Waals surface area contributed by atoms with Crippen LogP contribution in [0.2, 0.25) is 0 Å². The van der Waals surface area contributed by atoms with Crippen molar-refractivity contribution in [3.63, 3.8) is 0 Å². The standard InChI is InChI=1S/C19H21N3O/c1-13-4-8-17(9-5-13)14(2)21-19(23)22-15(3)18-10-6-16(12-20)7-11-18/h4-11,14-15H,1-3H3,(H2,21,22,23). The zero-order valence-corrected chi connectivity index (χ0v) is 13.6. The van der Waals surface area contributed by atoms with Crippen LogP contribution in [-0.2, 0) is 0 Å². The summed E-state index contributed by atoms with van der Waals surface area (Å²) in [5.74, 6) is 0. The summed E-state index contributed by atoms with van der Waals surface area (Å²) in [6, 6.07) is 17.0. The number of nitrogens with zero attached hydrogens (tertiary/aromatic N) is 1. The lowest BCUT2D eigenvalue weighted by atomic mass is 10.1. The first-order chi connectivity index (χ1) is 11.0. The van der Waals surface area contributed by atoms with E-state index >= 15 is 0 Å². The quantitative estimate of drug-likeness (QED) is 0.897. The molecule has 0 fully saturated rings. The van der Waals surface area contributed by atoms with Gasteiger partial charge in [0.1, 0.15) is 0 Å². The Morgan fingerprint density at radius 3 is 1.78 bits per heavy atom. The molecule has 0 bridgehead atoms. The molecule has 0 saturated carbocycles. The molecule has 0 aliphatic heterocycles. The molecule has 23 heavy (non-hydrogen) atoms. The van der Waals surface area contributed by atoms with E-state index < -0.39 is 0 Å². The summed E-state index contributed by atoms with van der Waals surface area (Å²) in [7, 11) is 0. The zero-order chi connectivity index (χ0) is 16.8. The highest BCUT2D eigenvalue weighted by Crippen LogP contribution is 2.15. The molecule has 4 nitrogen and oxygen atoms in total. The topological polar surface area (TPSA) is 64.9 Å². The highest BCUT2D eigenvalue weighted by Gasteiger charge is 2.12. The van der Waals surface area contributed by atoms with E-state index in [0.29, 0.717) is 5.56 Å². The van der Waals surface area contributed by atoms with Gasteiger partial charge in [0.05, 0.1) is 23.7 Å². The molecule has 0 spiro atoms. The lowest BCUT2D eigenvalue weighted by Gasteiger charge is -2.19. The molecule has 2 amide bonds. The monoisotopic (exact) mass is 307 g/mol. The number of benzene rings is 2. The number of rotatable bonds is 4. The van der Waals surface area contributed by atoms with Crippen LogP contribution in [0.15, 0.2) is 48.5 Å². The number of hydrogen-bond donors (Lipinski definition) is 2. The van der Waals surface area contributed by atoms with Gasteiger partial charge in [-0.2, -0.15) is 5.26 Å². The highest BCUT2D eigenvalue weighted by atomic mass is 16.2. The summed E-state index contributed by atoms with van der Waals surface area (Å²) in [6.45, 7) is 5.90. The Hall–Kier alpha value is -2.80. The normalized spacial score (nSPS) is 12.8. The summed E-state index contributed by atoms with van der Waals surface area (Å²) in [4.78, 5) is 12.1. The Labute approximate surface area is 137 Å². The molecule has 2 N–H and O–H groups in total. The Morgan fingerprint density at radius 2 is 1.35 bits per heavy atom.